The van der Waals surface area contributed by atoms with Gasteiger partial charge in [0.15, 0.2) is 0 Å². The first-order valence-corrected chi connectivity index (χ1v) is 8.68. The Hall–Kier alpha value is -1.03. The summed E-state index contributed by atoms with van der Waals surface area (Å²) >= 11 is 3.44. The Morgan fingerprint density at radius 3 is 2.38 bits per heavy atom. The lowest BCUT2D eigenvalue weighted by Gasteiger charge is -2.16. The van der Waals surface area contributed by atoms with Crippen molar-refractivity contribution in [1.82, 2.24) is 0 Å². The molecule has 0 bridgehead atoms. The van der Waals surface area contributed by atoms with Crippen molar-refractivity contribution in [3.05, 3.63) is 28.7 Å². The predicted molar refractivity (Wildman–Crippen MR) is 91.8 cm³/mol. The summed E-state index contributed by atoms with van der Waals surface area (Å²) in [6.45, 7) is 2.21. The molecule has 1 aromatic carbocycles. The van der Waals surface area contributed by atoms with Crippen molar-refractivity contribution in [2.75, 3.05) is 5.32 Å². The monoisotopic (exact) mass is 355 g/mol. The highest BCUT2D eigenvalue weighted by molar-refractivity contribution is 9.10. The van der Waals surface area contributed by atoms with Gasteiger partial charge in [0.1, 0.15) is 6.04 Å². The summed E-state index contributed by atoms with van der Waals surface area (Å²) in [6.07, 6.45) is 9.09. The highest BCUT2D eigenvalue weighted by Crippen LogP contribution is 2.23. The number of carboxylic acids is 1. The van der Waals surface area contributed by atoms with Crippen LogP contribution >= 0.6 is 15.9 Å². The Labute approximate surface area is 136 Å². The highest BCUT2D eigenvalue weighted by Gasteiger charge is 2.17. The van der Waals surface area contributed by atoms with Gasteiger partial charge in [0.25, 0.3) is 0 Å². The number of para-hydroxylation sites is 1. The van der Waals surface area contributed by atoms with E-state index in [0.29, 0.717) is 6.42 Å². The summed E-state index contributed by atoms with van der Waals surface area (Å²) < 4.78 is 0.899. The van der Waals surface area contributed by atoms with E-state index in [4.69, 9.17) is 0 Å². The first-order valence-electron chi connectivity index (χ1n) is 7.89. The number of halogens is 1. The molecule has 2 N–H and O–H groups in total. The van der Waals surface area contributed by atoms with Gasteiger partial charge < -0.3 is 10.4 Å². The van der Waals surface area contributed by atoms with Crippen molar-refractivity contribution in [1.29, 1.82) is 0 Å². The van der Waals surface area contributed by atoms with Gasteiger partial charge in [0.05, 0.1) is 0 Å². The lowest BCUT2D eigenvalue weighted by atomic mass is 10.0. The molecule has 0 aliphatic rings. The van der Waals surface area contributed by atoms with Gasteiger partial charge in [-0.15, -0.1) is 0 Å². The minimum absolute atomic E-state index is 0.514. The number of hydrogen-bond donors (Lipinski definition) is 2. The molecular formula is C17H26BrNO2. The van der Waals surface area contributed by atoms with Gasteiger partial charge in [-0.25, -0.2) is 4.79 Å². The van der Waals surface area contributed by atoms with E-state index >= 15 is 0 Å². The van der Waals surface area contributed by atoms with Crippen molar-refractivity contribution in [2.45, 2.75) is 64.3 Å². The molecule has 0 fully saturated rings. The summed E-state index contributed by atoms with van der Waals surface area (Å²) in [4.78, 5) is 11.3. The maximum Gasteiger partial charge on any atom is 0.326 e. The number of rotatable bonds is 11. The molecule has 0 aliphatic carbocycles. The van der Waals surface area contributed by atoms with Crippen LogP contribution in [0.1, 0.15) is 58.3 Å². The molecule has 0 saturated carbocycles. The zero-order valence-corrected chi connectivity index (χ0v) is 14.4. The van der Waals surface area contributed by atoms with E-state index in [0.717, 1.165) is 23.0 Å². The second kappa shape index (κ2) is 10.7. The highest BCUT2D eigenvalue weighted by atomic mass is 79.9. The van der Waals surface area contributed by atoms with Gasteiger partial charge in [-0.3, -0.25) is 0 Å². The molecule has 21 heavy (non-hydrogen) atoms. The topological polar surface area (TPSA) is 49.3 Å². The Morgan fingerprint density at radius 2 is 1.76 bits per heavy atom. The van der Waals surface area contributed by atoms with Crippen LogP contribution in [0.3, 0.4) is 0 Å². The summed E-state index contributed by atoms with van der Waals surface area (Å²) in [7, 11) is 0. The molecule has 0 amide bonds. The normalized spacial score (nSPS) is 12.1. The van der Waals surface area contributed by atoms with Crippen LogP contribution in [-0.2, 0) is 4.79 Å². The van der Waals surface area contributed by atoms with Gasteiger partial charge in [-0.2, -0.15) is 0 Å². The summed E-state index contributed by atoms with van der Waals surface area (Å²) in [5.41, 5.74) is 0.841. The second-order valence-corrected chi connectivity index (χ2v) is 6.28. The fourth-order valence-electron chi connectivity index (χ4n) is 2.33. The first-order chi connectivity index (χ1) is 10.1. The van der Waals surface area contributed by atoms with Crippen LogP contribution in [0.15, 0.2) is 28.7 Å². The van der Waals surface area contributed by atoms with Crippen LogP contribution in [0.5, 0.6) is 0 Å². The first kappa shape index (κ1) is 18.0. The van der Waals surface area contributed by atoms with Crippen molar-refractivity contribution in [2.24, 2.45) is 0 Å². The third kappa shape index (κ3) is 7.51. The molecule has 1 rings (SSSR count). The van der Waals surface area contributed by atoms with Crippen molar-refractivity contribution < 1.29 is 9.90 Å². The number of anilines is 1. The molecule has 4 heteroatoms. The second-order valence-electron chi connectivity index (χ2n) is 5.43. The van der Waals surface area contributed by atoms with E-state index in [1.54, 1.807) is 0 Å². The van der Waals surface area contributed by atoms with Gasteiger partial charge in [0, 0.05) is 10.2 Å². The molecule has 0 spiro atoms. The van der Waals surface area contributed by atoms with Gasteiger partial charge in [-0.05, 0) is 34.5 Å². The number of hydrogen-bond acceptors (Lipinski definition) is 2. The summed E-state index contributed by atoms with van der Waals surface area (Å²) in [5.74, 6) is -0.781. The Kier molecular flexibility index (Phi) is 9.15. The number of aliphatic carboxylic acids is 1. The molecule has 0 radical (unpaired) electrons. The van der Waals surface area contributed by atoms with Crippen molar-refractivity contribution >= 4 is 27.6 Å². The lowest BCUT2D eigenvalue weighted by molar-refractivity contribution is -0.138. The Bertz CT molecular complexity index is 423. The third-order valence-electron chi connectivity index (χ3n) is 3.60. The van der Waals surface area contributed by atoms with Gasteiger partial charge >= 0.3 is 5.97 Å². The number of nitrogens with one attached hydrogen (secondary N) is 1. The maximum absolute atomic E-state index is 11.3. The molecule has 0 heterocycles. The predicted octanol–water partition coefficient (Wildman–Crippen LogP) is 5.45. The summed E-state index contributed by atoms with van der Waals surface area (Å²) in [6, 6.07) is 7.11. The number of carboxylic acid groups (broad SMARTS) is 1. The van der Waals surface area contributed by atoms with E-state index in [1.807, 2.05) is 24.3 Å². The standard InChI is InChI=1S/C17H26BrNO2/c1-2-3-4-5-6-7-8-13-16(17(20)21)19-15-12-10-9-11-14(15)18/h9-12,16,19H,2-8,13H2,1H3,(H,20,21). The fraction of sp³-hybridized carbons (Fsp3) is 0.588. The van der Waals surface area contributed by atoms with E-state index in [-0.39, 0.29) is 0 Å². The minimum atomic E-state index is -0.781. The Balaban J connectivity index is 2.31. The largest absolute Gasteiger partial charge is 0.480 e. The molecule has 0 saturated heterocycles. The van der Waals surface area contributed by atoms with E-state index in [9.17, 15) is 9.90 Å². The van der Waals surface area contributed by atoms with Crippen LogP contribution in [0.2, 0.25) is 0 Å². The minimum Gasteiger partial charge on any atom is -0.480 e. The van der Waals surface area contributed by atoms with E-state index in [2.05, 4.69) is 28.2 Å². The molecule has 1 aromatic rings. The molecule has 1 unspecified atom stereocenters. The molecule has 3 nitrogen and oxygen atoms in total. The molecule has 1 atom stereocenters. The Morgan fingerprint density at radius 1 is 1.14 bits per heavy atom. The van der Waals surface area contributed by atoms with Crippen molar-refractivity contribution in [3.63, 3.8) is 0 Å². The molecule has 118 valence electrons. The van der Waals surface area contributed by atoms with Crippen LogP contribution in [-0.4, -0.2) is 17.1 Å². The van der Waals surface area contributed by atoms with Crippen LogP contribution < -0.4 is 5.32 Å². The van der Waals surface area contributed by atoms with Crippen LogP contribution in [0.25, 0.3) is 0 Å². The molecular weight excluding hydrogens is 330 g/mol. The fourth-order valence-corrected chi connectivity index (χ4v) is 2.73. The number of unbranched alkanes of at least 4 members (excludes halogenated alkanes) is 6. The maximum atomic E-state index is 11.3. The lowest BCUT2D eigenvalue weighted by Crippen LogP contribution is -2.29. The quantitative estimate of drug-likeness (QED) is 0.518. The average Bonchev–Trinajstić information content (AvgIpc) is 2.46. The smallest absolute Gasteiger partial charge is 0.326 e. The zero-order valence-electron chi connectivity index (χ0n) is 12.8. The van der Waals surface area contributed by atoms with E-state index in [1.165, 1.54) is 32.1 Å². The number of benzene rings is 1. The molecule has 0 aromatic heterocycles. The number of carbonyl (C=O) groups is 1. The average molecular weight is 356 g/mol. The third-order valence-corrected chi connectivity index (χ3v) is 4.29. The van der Waals surface area contributed by atoms with Crippen molar-refractivity contribution in [3.8, 4) is 0 Å². The zero-order chi connectivity index (χ0) is 15.5. The van der Waals surface area contributed by atoms with Crippen LogP contribution in [0, 0.1) is 0 Å². The van der Waals surface area contributed by atoms with E-state index < -0.39 is 12.0 Å². The van der Waals surface area contributed by atoms with Gasteiger partial charge in [-0.1, -0.05) is 64.0 Å². The molecule has 0 aliphatic heterocycles. The van der Waals surface area contributed by atoms with Crippen LogP contribution in [0.4, 0.5) is 5.69 Å². The van der Waals surface area contributed by atoms with Gasteiger partial charge in [0.2, 0.25) is 0 Å². The SMILES string of the molecule is CCCCCCCCCC(Nc1ccccc1Br)C(=O)O. The summed E-state index contributed by atoms with van der Waals surface area (Å²) in [5, 5.41) is 12.4.